The first kappa shape index (κ1) is 10.3. The number of phenolic OH excluding ortho intramolecular Hbond substituents is 1. The van der Waals surface area contributed by atoms with E-state index in [4.69, 9.17) is 16.8 Å². The average molecular weight is 202 g/mol. The zero-order valence-corrected chi connectivity index (χ0v) is 8.34. The van der Waals surface area contributed by atoms with Crippen molar-refractivity contribution < 1.29 is 10.3 Å². The summed E-state index contributed by atoms with van der Waals surface area (Å²) in [6.45, 7) is 2.08. The fourth-order valence-electron chi connectivity index (χ4n) is 1.07. The van der Waals surface area contributed by atoms with E-state index in [1.807, 2.05) is 0 Å². The average Bonchev–Trinajstić information content (AvgIpc) is 1.98. The second-order valence-corrected chi connectivity index (χ2v) is 3.44. The topological polar surface area (TPSA) is 43.7 Å². The molecule has 0 bridgehead atoms. The van der Waals surface area contributed by atoms with Gasteiger partial charge in [-0.05, 0) is 24.6 Å². The van der Waals surface area contributed by atoms with Gasteiger partial charge in [-0.3, -0.25) is 0 Å². The maximum absolute atomic E-state index is 9.41. The second-order valence-electron chi connectivity index (χ2n) is 3.04. The zero-order valence-electron chi connectivity index (χ0n) is 7.58. The minimum Gasteiger partial charge on any atom is -0.508 e. The van der Waals surface area contributed by atoms with Crippen molar-refractivity contribution in [1.82, 2.24) is 5.06 Å². The summed E-state index contributed by atoms with van der Waals surface area (Å²) in [7, 11) is 1.53. The Hall–Kier alpha value is -0.770. The lowest BCUT2D eigenvalue weighted by Gasteiger charge is -2.10. The number of nitrogens with zero attached hydrogens (tertiary/aromatic N) is 1. The third kappa shape index (κ3) is 2.59. The molecule has 0 unspecified atom stereocenters. The molecule has 0 aromatic heterocycles. The fraction of sp³-hybridized carbons (Fsp3) is 0.333. The van der Waals surface area contributed by atoms with Gasteiger partial charge in [-0.1, -0.05) is 11.6 Å². The Balaban J connectivity index is 2.99. The summed E-state index contributed by atoms with van der Waals surface area (Å²) >= 11 is 5.84. The van der Waals surface area contributed by atoms with E-state index in [-0.39, 0.29) is 5.75 Å². The van der Waals surface area contributed by atoms with Crippen LogP contribution in [0.2, 0.25) is 5.02 Å². The molecule has 3 nitrogen and oxygen atoms in total. The maximum atomic E-state index is 9.41. The maximum Gasteiger partial charge on any atom is 0.120 e. The van der Waals surface area contributed by atoms with Crippen LogP contribution in [0.5, 0.6) is 5.75 Å². The van der Waals surface area contributed by atoms with Crippen LogP contribution in [0, 0.1) is 6.92 Å². The number of hydrogen-bond acceptors (Lipinski definition) is 3. The second kappa shape index (κ2) is 3.96. The summed E-state index contributed by atoms with van der Waals surface area (Å²) < 4.78 is 0. The standard InChI is InChI=1S/C9H12ClNO2/c1-6-8(10)3-7(4-9(6)12)5-11(2)13/h3-4,12-13H,5H2,1-2H3. The van der Waals surface area contributed by atoms with Gasteiger partial charge < -0.3 is 10.3 Å². The molecule has 0 radical (unpaired) electrons. The van der Waals surface area contributed by atoms with Crippen LogP contribution in [0.1, 0.15) is 11.1 Å². The van der Waals surface area contributed by atoms with Crippen molar-refractivity contribution in [3.05, 3.63) is 28.3 Å². The zero-order chi connectivity index (χ0) is 10.0. The molecule has 0 saturated heterocycles. The van der Waals surface area contributed by atoms with Crippen LogP contribution in [0.15, 0.2) is 12.1 Å². The van der Waals surface area contributed by atoms with E-state index < -0.39 is 0 Å². The van der Waals surface area contributed by atoms with Crippen LogP contribution in [-0.2, 0) is 6.54 Å². The van der Waals surface area contributed by atoms with E-state index in [0.717, 1.165) is 10.6 Å². The number of halogens is 1. The number of aromatic hydroxyl groups is 1. The molecule has 0 amide bonds. The van der Waals surface area contributed by atoms with Crippen molar-refractivity contribution in [3.63, 3.8) is 0 Å². The third-order valence-electron chi connectivity index (χ3n) is 1.79. The summed E-state index contributed by atoms with van der Waals surface area (Å²) in [4.78, 5) is 0. The van der Waals surface area contributed by atoms with Crippen LogP contribution < -0.4 is 0 Å². The molecule has 4 heteroatoms. The van der Waals surface area contributed by atoms with Crippen molar-refractivity contribution in [2.45, 2.75) is 13.5 Å². The minimum atomic E-state index is 0.157. The molecule has 0 saturated carbocycles. The Morgan fingerprint density at radius 1 is 1.46 bits per heavy atom. The molecule has 0 heterocycles. The summed E-state index contributed by atoms with van der Waals surface area (Å²) in [5.41, 5.74) is 1.43. The Morgan fingerprint density at radius 3 is 2.54 bits per heavy atom. The summed E-state index contributed by atoms with van der Waals surface area (Å²) in [5.74, 6) is 0.157. The molecule has 1 aromatic carbocycles. The van der Waals surface area contributed by atoms with Crippen molar-refractivity contribution in [3.8, 4) is 5.75 Å². The van der Waals surface area contributed by atoms with Gasteiger partial charge in [0.25, 0.3) is 0 Å². The summed E-state index contributed by atoms with van der Waals surface area (Å²) in [5, 5.41) is 19.9. The molecule has 0 fully saturated rings. The van der Waals surface area contributed by atoms with Crippen molar-refractivity contribution in [1.29, 1.82) is 0 Å². The molecule has 0 aliphatic carbocycles. The quantitative estimate of drug-likeness (QED) is 0.721. The number of benzene rings is 1. The minimum absolute atomic E-state index is 0.157. The smallest absolute Gasteiger partial charge is 0.120 e. The predicted octanol–water partition coefficient (Wildman–Crippen LogP) is 2.18. The highest BCUT2D eigenvalue weighted by Crippen LogP contribution is 2.26. The Labute approximate surface area is 82.1 Å². The third-order valence-corrected chi connectivity index (χ3v) is 2.18. The van der Waals surface area contributed by atoms with Crippen LogP contribution in [0.4, 0.5) is 0 Å². The Morgan fingerprint density at radius 2 is 2.08 bits per heavy atom. The van der Waals surface area contributed by atoms with Crippen molar-refractivity contribution >= 4 is 11.6 Å². The van der Waals surface area contributed by atoms with Crippen molar-refractivity contribution in [2.75, 3.05) is 7.05 Å². The first-order valence-corrected chi connectivity index (χ1v) is 4.26. The van der Waals surface area contributed by atoms with E-state index in [9.17, 15) is 5.11 Å². The van der Waals surface area contributed by atoms with Gasteiger partial charge in [-0.25, -0.2) is 0 Å². The molecule has 0 aliphatic heterocycles. The molecule has 72 valence electrons. The molecule has 2 N–H and O–H groups in total. The highest BCUT2D eigenvalue weighted by atomic mass is 35.5. The van der Waals surface area contributed by atoms with Gasteiger partial charge in [0.15, 0.2) is 0 Å². The lowest BCUT2D eigenvalue weighted by Crippen LogP contribution is -2.11. The highest BCUT2D eigenvalue weighted by molar-refractivity contribution is 6.31. The number of hydroxylamine groups is 2. The van der Waals surface area contributed by atoms with Gasteiger partial charge >= 0.3 is 0 Å². The first-order chi connectivity index (χ1) is 6.00. The van der Waals surface area contributed by atoms with E-state index in [1.165, 1.54) is 7.05 Å². The number of hydrogen-bond donors (Lipinski definition) is 2. The van der Waals surface area contributed by atoms with Crippen molar-refractivity contribution in [2.24, 2.45) is 0 Å². The molecule has 1 rings (SSSR count). The van der Waals surface area contributed by atoms with Crippen LogP contribution in [0.3, 0.4) is 0 Å². The molecule has 13 heavy (non-hydrogen) atoms. The van der Waals surface area contributed by atoms with E-state index in [0.29, 0.717) is 17.1 Å². The predicted molar refractivity (Wildman–Crippen MR) is 51.1 cm³/mol. The van der Waals surface area contributed by atoms with Crippen LogP contribution >= 0.6 is 11.6 Å². The van der Waals surface area contributed by atoms with Crippen LogP contribution in [0.25, 0.3) is 0 Å². The molecule has 0 spiro atoms. The highest BCUT2D eigenvalue weighted by Gasteiger charge is 2.05. The fourth-order valence-corrected chi connectivity index (χ4v) is 1.31. The SMILES string of the molecule is Cc1c(O)cc(CN(C)O)cc1Cl. The first-order valence-electron chi connectivity index (χ1n) is 3.88. The van der Waals surface area contributed by atoms with Gasteiger partial charge in [0, 0.05) is 24.2 Å². The Bertz CT molecular complexity index is 289. The Kier molecular flexibility index (Phi) is 3.14. The van der Waals surface area contributed by atoms with E-state index >= 15 is 0 Å². The molecule has 0 aliphatic rings. The molecule has 1 aromatic rings. The summed E-state index contributed by atoms with van der Waals surface area (Å²) in [6, 6.07) is 3.32. The normalized spacial score (nSPS) is 10.8. The van der Waals surface area contributed by atoms with Gasteiger partial charge in [-0.2, -0.15) is 5.06 Å². The molecular formula is C9H12ClNO2. The van der Waals surface area contributed by atoms with Crippen LogP contribution in [-0.4, -0.2) is 22.4 Å². The van der Waals surface area contributed by atoms with Gasteiger partial charge in [0.1, 0.15) is 5.75 Å². The monoisotopic (exact) mass is 201 g/mol. The van der Waals surface area contributed by atoms with E-state index in [1.54, 1.807) is 19.1 Å². The number of phenols is 1. The van der Waals surface area contributed by atoms with Gasteiger partial charge in [0.05, 0.1) is 0 Å². The van der Waals surface area contributed by atoms with E-state index in [2.05, 4.69) is 0 Å². The molecule has 0 atom stereocenters. The lowest BCUT2D eigenvalue weighted by molar-refractivity contribution is -0.0731. The summed E-state index contributed by atoms with van der Waals surface area (Å²) in [6.07, 6.45) is 0. The lowest BCUT2D eigenvalue weighted by atomic mass is 10.1. The number of rotatable bonds is 2. The molecular weight excluding hydrogens is 190 g/mol. The largest absolute Gasteiger partial charge is 0.508 e. The van der Waals surface area contributed by atoms with Gasteiger partial charge in [0.2, 0.25) is 0 Å². The van der Waals surface area contributed by atoms with Gasteiger partial charge in [-0.15, -0.1) is 0 Å².